The van der Waals surface area contributed by atoms with Crippen molar-refractivity contribution in [2.75, 3.05) is 11.1 Å². The Morgan fingerprint density at radius 3 is 2.68 bits per heavy atom. The van der Waals surface area contributed by atoms with Gasteiger partial charge >= 0.3 is 0 Å². The standard InChI is InChI=1S/C29H25N3O3S2/c1-29(2)15-21-23(16-35-29)37-26-25(21)27(34)32(19-11-4-3-5-12-19)28(31-26)36-17-24(33)30-22-14-8-10-18-9-6-7-13-20(18)22/h3-14H,15-17H2,1-2H3,(H,30,33). The first kappa shape index (κ1) is 23.9. The van der Waals surface area contributed by atoms with Crippen LogP contribution in [0.2, 0.25) is 0 Å². The fourth-order valence-electron chi connectivity index (χ4n) is 4.73. The Balaban J connectivity index is 1.36. The van der Waals surface area contributed by atoms with Gasteiger partial charge in [0.25, 0.3) is 5.56 Å². The lowest BCUT2D eigenvalue weighted by atomic mass is 9.94. The van der Waals surface area contributed by atoms with Gasteiger partial charge < -0.3 is 10.1 Å². The molecule has 0 saturated heterocycles. The minimum atomic E-state index is -0.335. The van der Waals surface area contributed by atoms with Crippen molar-refractivity contribution in [3.63, 3.8) is 0 Å². The average molecular weight is 528 g/mol. The van der Waals surface area contributed by atoms with Gasteiger partial charge in [-0.1, -0.05) is 66.4 Å². The smallest absolute Gasteiger partial charge is 0.267 e. The molecule has 1 N–H and O–H groups in total. The summed E-state index contributed by atoms with van der Waals surface area (Å²) in [5, 5.41) is 6.23. The van der Waals surface area contributed by atoms with Gasteiger partial charge in [-0.3, -0.25) is 14.2 Å². The van der Waals surface area contributed by atoms with Crippen molar-refractivity contribution in [2.45, 2.75) is 37.6 Å². The summed E-state index contributed by atoms with van der Waals surface area (Å²) in [5.74, 6) is -0.0363. The number of nitrogens with zero attached hydrogens (tertiary/aromatic N) is 2. The third kappa shape index (κ3) is 4.56. The topological polar surface area (TPSA) is 73.2 Å². The summed E-state index contributed by atoms with van der Waals surface area (Å²) in [6, 6.07) is 23.3. The molecule has 3 heterocycles. The number of hydrogen-bond acceptors (Lipinski definition) is 6. The Hall–Kier alpha value is -3.46. The summed E-state index contributed by atoms with van der Waals surface area (Å²) in [7, 11) is 0. The van der Waals surface area contributed by atoms with Gasteiger partial charge in [0.1, 0.15) is 4.83 Å². The zero-order valence-electron chi connectivity index (χ0n) is 20.5. The van der Waals surface area contributed by atoms with E-state index in [0.717, 1.165) is 32.6 Å². The lowest BCUT2D eigenvalue weighted by Gasteiger charge is -2.29. The van der Waals surface area contributed by atoms with E-state index >= 15 is 0 Å². The highest BCUT2D eigenvalue weighted by molar-refractivity contribution is 7.99. The number of benzene rings is 3. The molecular formula is C29H25N3O3S2. The third-order valence-corrected chi connectivity index (χ3v) is 8.52. The number of para-hydroxylation sites is 1. The van der Waals surface area contributed by atoms with Crippen LogP contribution in [0.1, 0.15) is 24.3 Å². The number of carbonyl (C=O) groups is 1. The maximum Gasteiger partial charge on any atom is 0.267 e. The number of anilines is 1. The quantitative estimate of drug-likeness (QED) is 0.218. The predicted octanol–water partition coefficient (Wildman–Crippen LogP) is 6.18. The molecule has 5 aromatic rings. The summed E-state index contributed by atoms with van der Waals surface area (Å²) in [6.07, 6.45) is 0.661. The molecule has 0 aliphatic carbocycles. The number of thioether (sulfide) groups is 1. The number of amides is 1. The number of ether oxygens (including phenoxy) is 1. The molecule has 1 amide bonds. The van der Waals surface area contributed by atoms with Crippen LogP contribution >= 0.6 is 23.1 Å². The van der Waals surface area contributed by atoms with E-state index in [1.165, 1.54) is 23.1 Å². The number of rotatable bonds is 5. The van der Waals surface area contributed by atoms with Gasteiger partial charge in [0.2, 0.25) is 5.91 Å². The van der Waals surface area contributed by atoms with Gasteiger partial charge in [0.05, 0.1) is 29.0 Å². The monoisotopic (exact) mass is 527 g/mol. The zero-order chi connectivity index (χ0) is 25.6. The van der Waals surface area contributed by atoms with Crippen LogP contribution in [0.25, 0.3) is 26.7 Å². The highest BCUT2D eigenvalue weighted by atomic mass is 32.2. The number of thiophene rings is 1. The molecule has 0 bridgehead atoms. The molecule has 6 nitrogen and oxygen atoms in total. The minimum absolute atomic E-state index is 0.108. The van der Waals surface area contributed by atoms with E-state index in [9.17, 15) is 9.59 Å². The first-order chi connectivity index (χ1) is 17.9. The van der Waals surface area contributed by atoms with Crippen LogP contribution < -0.4 is 10.9 Å². The first-order valence-corrected chi connectivity index (χ1v) is 13.9. The fourth-order valence-corrected chi connectivity index (χ4v) is 6.68. The van der Waals surface area contributed by atoms with E-state index in [-0.39, 0.29) is 22.8 Å². The highest BCUT2D eigenvalue weighted by Gasteiger charge is 2.31. The van der Waals surface area contributed by atoms with Crippen LogP contribution in [0.15, 0.2) is 82.7 Å². The maximum atomic E-state index is 14.0. The SMILES string of the molecule is CC1(C)Cc2c(sc3nc(SCC(=O)Nc4cccc5ccccc45)n(-c4ccccc4)c(=O)c23)CO1. The van der Waals surface area contributed by atoms with E-state index in [1.54, 1.807) is 4.57 Å². The maximum absolute atomic E-state index is 14.0. The van der Waals surface area contributed by atoms with E-state index in [1.807, 2.05) is 86.6 Å². The van der Waals surface area contributed by atoms with Crippen molar-refractivity contribution in [3.05, 3.63) is 93.6 Å². The number of aromatic nitrogens is 2. The molecule has 1 aliphatic rings. The van der Waals surface area contributed by atoms with Crippen LogP contribution in [0.5, 0.6) is 0 Å². The summed E-state index contributed by atoms with van der Waals surface area (Å²) >= 11 is 2.77. The Kier molecular flexibility index (Phi) is 6.10. The number of fused-ring (bicyclic) bond motifs is 4. The van der Waals surface area contributed by atoms with Crippen molar-refractivity contribution in [2.24, 2.45) is 0 Å². The minimum Gasteiger partial charge on any atom is -0.370 e. The van der Waals surface area contributed by atoms with Crippen LogP contribution in [0.3, 0.4) is 0 Å². The Bertz CT molecular complexity index is 1700. The number of nitrogens with one attached hydrogen (secondary N) is 1. The zero-order valence-corrected chi connectivity index (χ0v) is 22.1. The molecule has 0 radical (unpaired) electrons. The van der Waals surface area contributed by atoms with Crippen LogP contribution in [-0.4, -0.2) is 26.8 Å². The highest BCUT2D eigenvalue weighted by Crippen LogP contribution is 2.38. The molecule has 37 heavy (non-hydrogen) atoms. The summed E-state index contributed by atoms with van der Waals surface area (Å²) in [6.45, 7) is 4.56. The largest absolute Gasteiger partial charge is 0.370 e. The molecule has 186 valence electrons. The van der Waals surface area contributed by atoms with E-state index in [0.29, 0.717) is 28.4 Å². The molecule has 0 fully saturated rings. The lowest BCUT2D eigenvalue weighted by molar-refractivity contribution is -0.113. The van der Waals surface area contributed by atoms with Crippen molar-refractivity contribution in [1.29, 1.82) is 0 Å². The van der Waals surface area contributed by atoms with Crippen molar-refractivity contribution in [3.8, 4) is 5.69 Å². The van der Waals surface area contributed by atoms with Gasteiger partial charge in [-0.2, -0.15) is 0 Å². The van der Waals surface area contributed by atoms with Crippen LogP contribution in [0, 0.1) is 0 Å². The molecule has 1 aliphatic heterocycles. The Morgan fingerprint density at radius 2 is 1.84 bits per heavy atom. The average Bonchev–Trinajstić information content (AvgIpc) is 3.25. The van der Waals surface area contributed by atoms with Crippen molar-refractivity contribution >= 4 is 55.7 Å². The second kappa shape index (κ2) is 9.45. The fraction of sp³-hybridized carbons (Fsp3) is 0.207. The van der Waals surface area contributed by atoms with E-state index in [2.05, 4.69) is 5.32 Å². The number of carbonyl (C=O) groups excluding carboxylic acids is 1. The van der Waals surface area contributed by atoms with E-state index < -0.39 is 0 Å². The van der Waals surface area contributed by atoms with Crippen molar-refractivity contribution in [1.82, 2.24) is 9.55 Å². The summed E-state index contributed by atoms with van der Waals surface area (Å²) in [5.41, 5.74) is 2.08. The summed E-state index contributed by atoms with van der Waals surface area (Å²) < 4.78 is 7.62. The molecule has 0 unspecified atom stereocenters. The molecular weight excluding hydrogens is 502 g/mol. The van der Waals surface area contributed by atoms with Gasteiger partial charge in [-0.05, 0) is 43.0 Å². The molecule has 8 heteroatoms. The van der Waals surface area contributed by atoms with E-state index in [4.69, 9.17) is 9.72 Å². The number of hydrogen-bond donors (Lipinski definition) is 1. The molecule has 2 aromatic heterocycles. The summed E-state index contributed by atoms with van der Waals surface area (Å²) in [4.78, 5) is 33.6. The molecule has 0 atom stereocenters. The lowest BCUT2D eigenvalue weighted by Crippen LogP contribution is -2.32. The molecule has 0 spiro atoms. The molecule has 6 rings (SSSR count). The first-order valence-electron chi connectivity index (χ1n) is 12.1. The second-order valence-electron chi connectivity index (χ2n) is 9.64. The van der Waals surface area contributed by atoms with Gasteiger partial charge in [-0.15, -0.1) is 11.3 Å². The van der Waals surface area contributed by atoms with Crippen LogP contribution in [-0.2, 0) is 22.6 Å². The third-order valence-electron chi connectivity index (χ3n) is 6.48. The Labute approximate surface area is 222 Å². The van der Waals surface area contributed by atoms with Gasteiger partial charge in [0.15, 0.2) is 5.16 Å². The normalized spacial score (nSPS) is 14.5. The molecule has 3 aromatic carbocycles. The predicted molar refractivity (Wildman–Crippen MR) is 151 cm³/mol. The Morgan fingerprint density at radius 1 is 1.08 bits per heavy atom. The van der Waals surface area contributed by atoms with Gasteiger partial charge in [0, 0.05) is 22.4 Å². The van der Waals surface area contributed by atoms with Crippen molar-refractivity contribution < 1.29 is 9.53 Å². The second-order valence-corrected chi connectivity index (χ2v) is 11.7. The molecule has 0 saturated carbocycles. The van der Waals surface area contributed by atoms with Gasteiger partial charge in [-0.25, -0.2) is 4.98 Å². The van der Waals surface area contributed by atoms with Crippen LogP contribution in [0.4, 0.5) is 5.69 Å².